The molecular formula is C19H29N5. The molecular weight excluding hydrogens is 298 g/mol. The summed E-state index contributed by atoms with van der Waals surface area (Å²) >= 11 is 0. The van der Waals surface area contributed by atoms with Gasteiger partial charge in [0.05, 0.1) is 6.54 Å². The minimum Gasteiger partial charge on any atom is -0.331 e. The fourth-order valence-corrected chi connectivity index (χ4v) is 3.65. The van der Waals surface area contributed by atoms with E-state index in [-0.39, 0.29) is 0 Å². The number of hydrogen-bond donors (Lipinski definition) is 0. The van der Waals surface area contributed by atoms with Crippen LogP contribution in [0.15, 0.2) is 36.9 Å². The van der Waals surface area contributed by atoms with Gasteiger partial charge in [0.2, 0.25) is 0 Å². The molecule has 0 bridgehead atoms. The molecule has 0 saturated carbocycles. The molecule has 0 radical (unpaired) electrons. The average Bonchev–Trinajstić information content (AvgIpc) is 3.18. The maximum atomic E-state index is 4.55. The van der Waals surface area contributed by atoms with Crippen molar-refractivity contribution >= 4 is 0 Å². The van der Waals surface area contributed by atoms with E-state index in [4.69, 9.17) is 0 Å². The summed E-state index contributed by atoms with van der Waals surface area (Å²) in [6.07, 6.45) is 9.09. The minimum atomic E-state index is 0.478. The first-order chi connectivity index (χ1) is 11.6. The third-order valence-electron chi connectivity index (χ3n) is 4.79. The Hall–Kier alpha value is -1.72. The van der Waals surface area contributed by atoms with Crippen molar-refractivity contribution < 1.29 is 0 Å². The second-order valence-electron chi connectivity index (χ2n) is 7.29. The largest absolute Gasteiger partial charge is 0.331 e. The van der Waals surface area contributed by atoms with Crippen molar-refractivity contribution in [2.75, 3.05) is 26.7 Å². The van der Waals surface area contributed by atoms with E-state index in [9.17, 15) is 0 Å². The molecule has 3 heterocycles. The number of nitrogens with zero attached hydrogens (tertiary/aromatic N) is 5. The van der Waals surface area contributed by atoms with Gasteiger partial charge in [0.25, 0.3) is 0 Å². The monoisotopic (exact) mass is 327 g/mol. The van der Waals surface area contributed by atoms with Crippen LogP contribution in [-0.4, -0.2) is 51.0 Å². The van der Waals surface area contributed by atoms with Gasteiger partial charge in [-0.15, -0.1) is 0 Å². The quantitative estimate of drug-likeness (QED) is 0.784. The molecule has 130 valence electrons. The van der Waals surface area contributed by atoms with Crippen LogP contribution in [0.3, 0.4) is 0 Å². The van der Waals surface area contributed by atoms with Gasteiger partial charge in [0.1, 0.15) is 5.82 Å². The Labute approximate surface area is 145 Å². The number of hydrogen-bond acceptors (Lipinski definition) is 4. The van der Waals surface area contributed by atoms with Crippen LogP contribution in [0.2, 0.25) is 0 Å². The molecule has 0 aromatic carbocycles. The van der Waals surface area contributed by atoms with E-state index in [2.05, 4.69) is 57.5 Å². The SMILES string of the molecule is CC(C)n1ccnc1CN1CC[C@@H](CN(C)Cc2cccnc2)C1. The Kier molecular flexibility index (Phi) is 5.63. The van der Waals surface area contributed by atoms with E-state index < -0.39 is 0 Å². The van der Waals surface area contributed by atoms with Crippen molar-refractivity contribution in [3.05, 3.63) is 48.3 Å². The molecule has 5 heteroatoms. The first-order valence-electron chi connectivity index (χ1n) is 8.93. The molecule has 1 aliphatic heterocycles. The highest BCUT2D eigenvalue weighted by Crippen LogP contribution is 2.20. The van der Waals surface area contributed by atoms with Crippen LogP contribution in [0.5, 0.6) is 0 Å². The molecule has 2 aromatic heterocycles. The maximum absolute atomic E-state index is 4.55. The average molecular weight is 327 g/mol. The Morgan fingerprint density at radius 1 is 1.33 bits per heavy atom. The van der Waals surface area contributed by atoms with Crippen molar-refractivity contribution in [2.45, 2.75) is 39.4 Å². The van der Waals surface area contributed by atoms with E-state index in [0.717, 1.165) is 25.6 Å². The summed E-state index contributed by atoms with van der Waals surface area (Å²) in [6.45, 7) is 9.86. The molecule has 1 fully saturated rings. The molecule has 0 unspecified atom stereocenters. The minimum absolute atomic E-state index is 0.478. The molecule has 24 heavy (non-hydrogen) atoms. The molecule has 3 rings (SSSR count). The van der Waals surface area contributed by atoms with Crippen LogP contribution in [0, 0.1) is 5.92 Å². The lowest BCUT2D eigenvalue weighted by Crippen LogP contribution is -2.28. The van der Waals surface area contributed by atoms with Crippen molar-refractivity contribution in [3.63, 3.8) is 0 Å². The fourth-order valence-electron chi connectivity index (χ4n) is 3.65. The van der Waals surface area contributed by atoms with E-state index in [0.29, 0.717) is 6.04 Å². The Morgan fingerprint density at radius 3 is 2.96 bits per heavy atom. The number of aromatic nitrogens is 3. The lowest BCUT2D eigenvalue weighted by atomic mass is 10.1. The molecule has 5 nitrogen and oxygen atoms in total. The van der Waals surface area contributed by atoms with Crippen LogP contribution < -0.4 is 0 Å². The highest BCUT2D eigenvalue weighted by Gasteiger charge is 2.24. The summed E-state index contributed by atoms with van der Waals surface area (Å²) in [5, 5.41) is 0. The van der Waals surface area contributed by atoms with E-state index in [1.807, 2.05) is 24.7 Å². The van der Waals surface area contributed by atoms with Crippen LogP contribution >= 0.6 is 0 Å². The predicted octanol–water partition coefficient (Wildman–Crippen LogP) is 2.81. The smallest absolute Gasteiger partial charge is 0.123 e. The topological polar surface area (TPSA) is 37.2 Å². The molecule has 2 aromatic rings. The van der Waals surface area contributed by atoms with Gasteiger partial charge in [-0.2, -0.15) is 0 Å². The predicted molar refractivity (Wildman–Crippen MR) is 96.6 cm³/mol. The van der Waals surface area contributed by atoms with Gasteiger partial charge in [-0.1, -0.05) is 6.07 Å². The van der Waals surface area contributed by atoms with E-state index in [1.165, 1.54) is 30.9 Å². The second kappa shape index (κ2) is 7.90. The van der Waals surface area contributed by atoms with Crippen LogP contribution in [0.4, 0.5) is 0 Å². The molecule has 0 spiro atoms. The summed E-state index contributed by atoms with van der Waals surface area (Å²) < 4.78 is 2.28. The highest BCUT2D eigenvalue weighted by molar-refractivity contribution is 5.08. The maximum Gasteiger partial charge on any atom is 0.123 e. The molecule has 0 N–H and O–H groups in total. The second-order valence-corrected chi connectivity index (χ2v) is 7.29. The lowest BCUT2D eigenvalue weighted by Gasteiger charge is -2.22. The Bertz CT molecular complexity index is 622. The van der Waals surface area contributed by atoms with Crippen LogP contribution in [0.25, 0.3) is 0 Å². The fraction of sp³-hybridized carbons (Fsp3) is 0.579. The summed E-state index contributed by atoms with van der Waals surface area (Å²) in [5.41, 5.74) is 1.29. The lowest BCUT2D eigenvalue weighted by molar-refractivity contribution is 0.250. The standard InChI is InChI=1S/C19H29N5/c1-16(2)24-10-8-21-19(24)15-23-9-6-18(14-23)13-22(3)12-17-5-4-7-20-11-17/h4-5,7-8,10-11,16,18H,6,9,12-15H2,1-3H3/t18-/m0/s1. The highest BCUT2D eigenvalue weighted by atomic mass is 15.2. The first kappa shape index (κ1) is 17.1. The summed E-state index contributed by atoms with van der Waals surface area (Å²) in [4.78, 5) is 13.7. The summed E-state index contributed by atoms with van der Waals surface area (Å²) in [5.74, 6) is 1.93. The van der Waals surface area contributed by atoms with Gasteiger partial charge in [0, 0.05) is 50.5 Å². The van der Waals surface area contributed by atoms with Gasteiger partial charge in [0.15, 0.2) is 0 Å². The normalized spacial score (nSPS) is 18.8. The molecule has 1 aliphatic rings. The number of rotatable bonds is 7. The molecule has 0 aliphatic carbocycles. The molecule has 1 atom stereocenters. The van der Waals surface area contributed by atoms with E-state index >= 15 is 0 Å². The van der Waals surface area contributed by atoms with Gasteiger partial charge < -0.3 is 9.47 Å². The third-order valence-corrected chi connectivity index (χ3v) is 4.79. The summed E-state index contributed by atoms with van der Waals surface area (Å²) in [7, 11) is 2.21. The van der Waals surface area contributed by atoms with Gasteiger partial charge in [-0.25, -0.2) is 4.98 Å². The zero-order valence-corrected chi connectivity index (χ0v) is 15.1. The summed E-state index contributed by atoms with van der Waals surface area (Å²) in [6, 6.07) is 4.64. The Balaban J connectivity index is 1.47. The zero-order chi connectivity index (χ0) is 16.9. The zero-order valence-electron chi connectivity index (χ0n) is 15.1. The van der Waals surface area contributed by atoms with Gasteiger partial charge in [-0.05, 0) is 51.4 Å². The number of pyridine rings is 1. The van der Waals surface area contributed by atoms with Crippen molar-refractivity contribution in [2.24, 2.45) is 5.92 Å². The van der Waals surface area contributed by atoms with Crippen molar-refractivity contribution in [3.8, 4) is 0 Å². The Morgan fingerprint density at radius 2 is 2.21 bits per heavy atom. The third kappa shape index (κ3) is 4.42. The molecule has 0 amide bonds. The number of imidazole rings is 1. The van der Waals surface area contributed by atoms with Crippen molar-refractivity contribution in [1.29, 1.82) is 0 Å². The van der Waals surface area contributed by atoms with Crippen molar-refractivity contribution in [1.82, 2.24) is 24.3 Å². The van der Waals surface area contributed by atoms with Gasteiger partial charge >= 0.3 is 0 Å². The van der Waals surface area contributed by atoms with E-state index in [1.54, 1.807) is 0 Å². The number of likely N-dealkylation sites (tertiary alicyclic amines) is 1. The first-order valence-corrected chi connectivity index (χ1v) is 8.93. The van der Waals surface area contributed by atoms with Gasteiger partial charge in [-0.3, -0.25) is 9.88 Å². The molecule has 1 saturated heterocycles. The van der Waals surface area contributed by atoms with Crippen LogP contribution in [-0.2, 0) is 13.1 Å². The van der Waals surface area contributed by atoms with Crippen LogP contribution in [0.1, 0.15) is 37.7 Å².